The number of benzene rings is 2. The number of halogens is 3. The molecule has 0 atom stereocenters. The molecule has 12 heteroatoms. The van der Waals surface area contributed by atoms with Gasteiger partial charge in [-0.1, -0.05) is 29.3 Å². The smallest absolute Gasteiger partial charge is 0.341 e. The van der Waals surface area contributed by atoms with Crippen LogP contribution in [0.15, 0.2) is 35.9 Å². The van der Waals surface area contributed by atoms with Crippen LogP contribution >= 0.6 is 58.0 Å². The number of carbonyl (C=O) groups is 3. The Bertz CT molecular complexity index is 1190. The number of methoxy groups -OCH3 is 1. The summed E-state index contributed by atoms with van der Waals surface area (Å²) in [6.07, 6.45) is 1.36. The highest BCUT2D eigenvalue weighted by Crippen LogP contribution is 2.36. The van der Waals surface area contributed by atoms with E-state index in [0.717, 1.165) is 4.90 Å². The lowest BCUT2D eigenvalue weighted by molar-refractivity contribution is -0.139. The molecule has 1 aliphatic rings. The second-order valence-corrected chi connectivity index (χ2v) is 8.58. The number of aliphatic carboxylic acids is 1. The molecule has 3 rings (SSSR count). The van der Waals surface area contributed by atoms with Gasteiger partial charge >= 0.3 is 5.97 Å². The summed E-state index contributed by atoms with van der Waals surface area (Å²) >= 11 is 19.4. The van der Waals surface area contributed by atoms with Crippen LogP contribution in [0.1, 0.15) is 5.56 Å². The molecule has 2 aromatic rings. The van der Waals surface area contributed by atoms with E-state index in [9.17, 15) is 14.4 Å². The van der Waals surface area contributed by atoms with E-state index in [-0.39, 0.29) is 37.9 Å². The summed E-state index contributed by atoms with van der Waals surface area (Å²) in [6, 6.07) is 7.83. The van der Waals surface area contributed by atoms with Gasteiger partial charge in [0, 0.05) is 0 Å². The predicted molar refractivity (Wildman–Crippen MR) is 132 cm³/mol. The molecular formula is C20H13Cl2IN2O6S. The molecule has 1 fully saturated rings. The number of carboxylic acids is 1. The summed E-state index contributed by atoms with van der Waals surface area (Å²) in [6.45, 7) is -0.555. The molecule has 1 saturated heterocycles. The van der Waals surface area contributed by atoms with Gasteiger partial charge in [-0.05, 0) is 70.7 Å². The molecule has 2 N–H and O–H groups in total. The van der Waals surface area contributed by atoms with Crippen LogP contribution in [0.2, 0.25) is 10.0 Å². The Labute approximate surface area is 211 Å². The molecule has 0 spiro atoms. The lowest BCUT2D eigenvalue weighted by Gasteiger charge is -2.29. The van der Waals surface area contributed by atoms with E-state index in [4.69, 9.17) is 50.0 Å². The molecule has 0 saturated carbocycles. The Morgan fingerprint density at radius 1 is 1.31 bits per heavy atom. The van der Waals surface area contributed by atoms with E-state index in [1.165, 1.54) is 19.3 Å². The molecule has 0 aromatic heterocycles. The van der Waals surface area contributed by atoms with E-state index < -0.39 is 24.4 Å². The summed E-state index contributed by atoms with van der Waals surface area (Å²) in [4.78, 5) is 37.6. The van der Waals surface area contributed by atoms with Gasteiger partial charge in [-0.15, -0.1) is 0 Å². The third kappa shape index (κ3) is 4.98. The van der Waals surface area contributed by atoms with Gasteiger partial charge in [0.2, 0.25) is 0 Å². The first kappa shape index (κ1) is 24.2. The highest BCUT2D eigenvalue weighted by molar-refractivity contribution is 14.1. The van der Waals surface area contributed by atoms with Crippen LogP contribution < -0.4 is 19.7 Å². The van der Waals surface area contributed by atoms with Gasteiger partial charge in [-0.2, -0.15) is 0 Å². The molecular weight excluding hydrogens is 594 g/mol. The summed E-state index contributed by atoms with van der Waals surface area (Å²) in [5, 5.41) is 11.5. The number of nitrogens with one attached hydrogen (secondary N) is 1. The summed E-state index contributed by atoms with van der Waals surface area (Å²) in [5.41, 5.74) is 0.466. The summed E-state index contributed by atoms with van der Waals surface area (Å²) in [7, 11) is 1.38. The van der Waals surface area contributed by atoms with Crippen molar-refractivity contribution in [3.8, 4) is 11.5 Å². The second-order valence-electron chi connectivity index (χ2n) is 6.25. The highest BCUT2D eigenvalue weighted by atomic mass is 127. The average Bonchev–Trinajstić information content (AvgIpc) is 2.72. The molecule has 1 heterocycles. The van der Waals surface area contributed by atoms with Crippen molar-refractivity contribution >= 4 is 92.7 Å². The fourth-order valence-electron chi connectivity index (χ4n) is 2.81. The number of hydrogen-bond acceptors (Lipinski definition) is 6. The van der Waals surface area contributed by atoms with E-state index in [1.54, 1.807) is 24.3 Å². The van der Waals surface area contributed by atoms with E-state index in [2.05, 4.69) is 5.32 Å². The van der Waals surface area contributed by atoms with Crippen molar-refractivity contribution in [3.63, 3.8) is 0 Å². The van der Waals surface area contributed by atoms with Crippen molar-refractivity contribution < 1.29 is 29.0 Å². The topological polar surface area (TPSA) is 105 Å². The number of carbonyl (C=O) groups excluding carboxylic acids is 2. The Balaban J connectivity index is 2.03. The van der Waals surface area contributed by atoms with E-state index in [0.29, 0.717) is 9.13 Å². The minimum Gasteiger partial charge on any atom is -0.493 e. The maximum Gasteiger partial charge on any atom is 0.341 e. The van der Waals surface area contributed by atoms with E-state index >= 15 is 0 Å². The number of carboxylic acid groups (broad SMARTS) is 1. The molecule has 2 amide bonds. The summed E-state index contributed by atoms with van der Waals surface area (Å²) < 4.78 is 11.1. The SMILES string of the molecule is COc1cc(/C=C2\C(=O)NC(=S)N(c3cccc(Cl)c3Cl)C2=O)cc(I)c1OCC(=O)O. The Morgan fingerprint density at radius 2 is 2.03 bits per heavy atom. The lowest BCUT2D eigenvalue weighted by atomic mass is 10.1. The zero-order valence-electron chi connectivity index (χ0n) is 16.1. The third-order valence-electron chi connectivity index (χ3n) is 4.18. The molecule has 1 aliphatic heterocycles. The zero-order chi connectivity index (χ0) is 23.6. The van der Waals surface area contributed by atoms with Crippen molar-refractivity contribution in [2.75, 3.05) is 18.6 Å². The largest absolute Gasteiger partial charge is 0.493 e. The Morgan fingerprint density at radius 3 is 2.69 bits per heavy atom. The molecule has 8 nitrogen and oxygen atoms in total. The van der Waals surface area contributed by atoms with Crippen LogP contribution in [0.5, 0.6) is 11.5 Å². The monoisotopic (exact) mass is 606 g/mol. The second kappa shape index (κ2) is 10.0. The van der Waals surface area contributed by atoms with Gasteiger partial charge in [0.25, 0.3) is 11.8 Å². The van der Waals surface area contributed by atoms with E-state index in [1.807, 2.05) is 22.6 Å². The maximum atomic E-state index is 13.2. The molecule has 0 radical (unpaired) electrons. The molecule has 0 aliphatic carbocycles. The first-order valence-electron chi connectivity index (χ1n) is 8.71. The number of thiocarbonyl (C=S) groups is 1. The normalized spacial score (nSPS) is 15.1. The number of nitrogens with zero attached hydrogens (tertiary/aromatic N) is 1. The minimum atomic E-state index is -1.14. The number of rotatable bonds is 6. The maximum absolute atomic E-state index is 13.2. The van der Waals surface area contributed by atoms with Crippen molar-refractivity contribution in [1.29, 1.82) is 0 Å². The highest BCUT2D eigenvalue weighted by Gasteiger charge is 2.35. The minimum absolute atomic E-state index is 0.108. The standard InChI is InChI=1S/C20H13Cl2IN2O6S/c1-30-14-7-9(6-12(23)17(14)31-8-15(26)27)5-10-18(28)24-20(32)25(19(10)29)13-4-2-3-11(21)16(13)22/h2-7H,8H2,1H3,(H,26,27)(H,24,28,32)/b10-5+. The molecule has 0 unspecified atom stereocenters. The van der Waals surface area contributed by atoms with Gasteiger partial charge < -0.3 is 14.6 Å². The molecule has 0 bridgehead atoms. The van der Waals surface area contributed by atoms with Gasteiger partial charge in [0.15, 0.2) is 23.2 Å². The fraction of sp³-hybridized carbons (Fsp3) is 0.100. The van der Waals surface area contributed by atoms with Crippen LogP contribution in [0.3, 0.4) is 0 Å². The quantitative estimate of drug-likeness (QED) is 0.222. The van der Waals surface area contributed by atoms with Crippen molar-refractivity contribution in [1.82, 2.24) is 5.32 Å². The van der Waals surface area contributed by atoms with Gasteiger partial charge in [0.1, 0.15) is 5.57 Å². The zero-order valence-corrected chi connectivity index (χ0v) is 20.6. The van der Waals surface area contributed by atoms with Crippen LogP contribution in [0.25, 0.3) is 6.08 Å². The van der Waals surface area contributed by atoms with Crippen molar-refractivity contribution in [2.45, 2.75) is 0 Å². The average molecular weight is 607 g/mol. The van der Waals surface area contributed by atoms with Gasteiger partial charge in [0.05, 0.1) is 26.4 Å². The van der Waals surface area contributed by atoms with Crippen LogP contribution in [0.4, 0.5) is 5.69 Å². The molecule has 166 valence electrons. The van der Waals surface area contributed by atoms with Crippen molar-refractivity contribution in [2.24, 2.45) is 0 Å². The Kier molecular flexibility index (Phi) is 7.59. The first-order valence-corrected chi connectivity index (χ1v) is 11.0. The fourth-order valence-corrected chi connectivity index (χ4v) is 4.24. The van der Waals surface area contributed by atoms with Crippen LogP contribution in [-0.4, -0.2) is 41.7 Å². The number of anilines is 1. The predicted octanol–water partition coefficient (Wildman–Crippen LogP) is 3.90. The number of amides is 2. The van der Waals surface area contributed by atoms with Crippen LogP contribution in [-0.2, 0) is 14.4 Å². The lowest BCUT2D eigenvalue weighted by Crippen LogP contribution is -2.54. The summed E-state index contributed by atoms with van der Waals surface area (Å²) in [5.74, 6) is -2.06. The Hall–Kier alpha value is -2.41. The number of ether oxygens (including phenoxy) is 2. The number of hydrogen-bond donors (Lipinski definition) is 2. The van der Waals surface area contributed by atoms with Gasteiger partial charge in [-0.25, -0.2) is 4.79 Å². The molecule has 32 heavy (non-hydrogen) atoms. The molecule has 2 aromatic carbocycles. The first-order chi connectivity index (χ1) is 15.1. The third-order valence-corrected chi connectivity index (χ3v) is 6.07. The van der Waals surface area contributed by atoms with Crippen LogP contribution in [0, 0.1) is 3.57 Å². The van der Waals surface area contributed by atoms with Crippen molar-refractivity contribution in [3.05, 3.63) is 55.1 Å². The van der Waals surface area contributed by atoms with Gasteiger partial charge in [-0.3, -0.25) is 19.8 Å².